The molecular weight excluding hydrogens is 370 g/mol. The summed E-state index contributed by atoms with van der Waals surface area (Å²) < 4.78 is 28.5. The number of hydrogen-bond donors (Lipinski definition) is 1. The summed E-state index contributed by atoms with van der Waals surface area (Å²) in [4.78, 5) is 28.3. The second kappa shape index (κ2) is 7.12. The van der Waals surface area contributed by atoms with Crippen molar-refractivity contribution in [2.45, 2.75) is 30.2 Å². The predicted octanol–water partition coefficient (Wildman–Crippen LogP) is 0.672. The van der Waals surface area contributed by atoms with Gasteiger partial charge < -0.3 is 14.5 Å². The van der Waals surface area contributed by atoms with Crippen molar-refractivity contribution < 1.29 is 22.7 Å². The number of fused-ring (bicyclic) bond motifs is 1. The fourth-order valence-corrected chi connectivity index (χ4v) is 4.73. The van der Waals surface area contributed by atoms with Crippen molar-refractivity contribution in [3.8, 4) is 5.75 Å². The van der Waals surface area contributed by atoms with Gasteiger partial charge in [-0.1, -0.05) is 0 Å². The molecule has 3 rings (SSSR count). The van der Waals surface area contributed by atoms with E-state index >= 15 is 0 Å². The Hall–Kier alpha value is -2.13. The molecule has 3 atom stereocenters. The van der Waals surface area contributed by atoms with Crippen LogP contribution < -0.4 is 9.88 Å². The van der Waals surface area contributed by atoms with E-state index in [0.717, 1.165) is 12.8 Å². The van der Waals surface area contributed by atoms with Crippen LogP contribution in [0.25, 0.3) is 0 Å². The van der Waals surface area contributed by atoms with Crippen molar-refractivity contribution in [3.05, 3.63) is 23.8 Å². The zero-order valence-corrected chi connectivity index (χ0v) is 16.5. The minimum Gasteiger partial charge on any atom is -0.496 e. The van der Waals surface area contributed by atoms with Gasteiger partial charge in [0.1, 0.15) is 5.75 Å². The van der Waals surface area contributed by atoms with Crippen LogP contribution in [-0.4, -0.2) is 63.8 Å². The molecule has 1 aliphatic carbocycles. The Morgan fingerprint density at radius 1 is 1.30 bits per heavy atom. The van der Waals surface area contributed by atoms with E-state index in [1.54, 1.807) is 16.8 Å². The number of rotatable bonds is 4. The van der Waals surface area contributed by atoms with Gasteiger partial charge in [0.15, 0.2) is 0 Å². The van der Waals surface area contributed by atoms with Gasteiger partial charge in [-0.25, -0.2) is 13.6 Å². The number of hydrogen-bond acceptors (Lipinski definition) is 5. The molecule has 1 aromatic rings. The molecule has 2 amide bonds. The SMILES string of the molecule is COc1ccc(S(N)(=O)=O)cc1C(=O)N(C)[C@@H]1C[C@@H]2CC(=O)N(C)C[C@@H]2C1. The van der Waals surface area contributed by atoms with E-state index < -0.39 is 10.0 Å². The van der Waals surface area contributed by atoms with Gasteiger partial charge in [-0.15, -0.1) is 0 Å². The van der Waals surface area contributed by atoms with Gasteiger partial charge in [-0.05, 0) is 42.9 Å². The van der Waals surface area contributed by atoms with Crippen molar-refractivity contribution in [2.75, 3.05) is 27.7 Å². The van der Waals surface area contributed by atoms with E-state index in [1.807, 2.05) is 7.05 Å². The lowest BCUT2D eigenvalue weighted by Crippen LogP contribution is -2.40. The molecule has 0 bridgehead atoms. The van der Waals surface area contributed by atoms with Crippen LogP contribution in [0.1, 0.15) is 29.6 Å². The van der Waals surface area contributed by atoms with Crippen LogP contribution in [0, 0.1) is 11.8 Å². The van der Waals surface area contributed by atoms with E-state index in [2.05, 4.69) is 0 Å². The van der Waals surface area contributed by atoms with E-state index in [9.17, 15) is 18.0 Å². The Morgan fingerprint density at radius 2 is 1.96 bits per heavy atom. The summed E-state index contributed by atoms with van der Waals surface area (Å²) in [6, 6.07) is 4.00. The van der Waals surface area contributed by atoms with Crippen LogP contribution in [0.3, 0.4) is 0 Å². The standard InChI is InChI=1S/C18H25N3O5S/c1-20-10-12-7-13(6-11(12)8-17(20)22)21(2)18(23)15-9-14(27(19,24)25)4-5-16(15)26-3/h4-5,9,11-13H,6-8,10H2,1-3H3,(H2,19,24,25)/t11-,12+,13-/m1/s1. The number of piperidine rings is 1. The molecule has 1 saturated heterocycles. The maximum Gasteiger partial charge on any atom is 0.257 e. The minimum atomic E-state index is -3.93. The Balaban J connectivity index is 1.83. The Kier molecular flexibility index (Phi) is 5.18. The first-order chi connectivity index (χ1) is 12.6. The first-order valence-electron chi connectivity index (χ1n) is 8.83. The van der Waals surface area contributed by atoms with E-state index in [-0.39, 0.29) is 34.2 Å². The van der Waals surface area contributed by atoms with Crippen LogP contribution in [0.15, 0.2) is 23.1 Å². The maximum absolute atomic E-state index is 13.1. The van der Waals surface area contributed by atoms with Crippen LogP contribution in [0.4, 0.5) is 0 Å². The molecule has 1 aliphatic heterocycles. The van der Waals surface area contributed by atoms with Crippen molar-refractivity contribution >= 4 is 21.8 Å². The Bertz CT molecular complexity index is 870. The number of ether oxygens (including phenoxy) is 1. The zero-order valence-electron chi connectivity index (χ0n) is 15.7. The summed E-state index contributed by atoms with van der Waals surface area (Å²) in [5, 5.41) is 5.19. The van der Waals surface area contributed by atoms with Crippen molar-refractivity contribution in [3.63, 3.8) is 0 Å². The third kappa shape index (κ3) is 3.79. The van der Waals surface area contributed by atoms with Crippen LogP contribution in [-0.2, 0) is 14.8 Å². The smallest absolute Gasteiger partial charge is 0.257 e. The third-order valence-electron chi connectivity index (χ3n) is 5.79. The summed E-state index contributed by atoms with van der Waals surface area (Å²) in [6.07, 6.45) is 2.11. The molecule has 27 heavy (non-hydrogen) atoms. The highest BCUT2D eigenvalue weighted by molar-refractivity contribution is 7.89. The molecule has 9 heteroatoms. The molecular formula is C18H25N3O5S. The normalized spacial score (nSPS) is 25.3. The fraction of sp³-hybridized carbons (Fsp3) is 0.556. The third-order valence-corrected chi connectivity index (χ3v) is 6.70. The monoisotopic (exact) mass is 395 g/mol. The first kappa shape index (κ1) is 19.6. The van der Waals surface area contributed by atoms with Crippen molar-refractivity contribution in [1.29, 1.82) is 0 Å². The highest BCUT2D eigenvalue weighted by atomic mass is 32.2. The largest absolute Gasteiger partial charge is 0.496 e. The van der Waals surface area contributed by atoms with Crippen LogP contribution in [0.2, 0.25) is 0 Å². The highest BCUT2D eigenvalue weighted by Crippen LogP contribution is 2.40. The number of nitrogens with two attached hydrogens (primary N) is 1. The van der Waals surface area contributed by atoms with E-state index in [0.29, 0.717) is 24.6 Å². The van der Waals surface area contributed by atoms with Crippen molar-refractivity contribution in [2.24, 2.45) is 17.0 Å². The fourth-order valence-electron chi connectivity index (χ4n) is 4.19. The molecule has 0 aromatic heterocycles. The predicted molar refractivity (Wildman–Crippen MR) is 98.7 cm³/mol. The minimum absolute atomic E-state index is 0.00496. The van der Waals surface area contributed by atoms with Crippen molar-refractivity contribution in [1.82, 2.24) is 9.80 Å². The Labute approximate surface area is 159 Å². The summed E-state index contributed by atoms with van der Waals surface area (Å²) in [7, 11) is 1.01. The van der Waals surface area contributed by atoms with Gasteiger partial charge in [0.2, 0.25) is 15.9 Å². The summed E-state index contributed by atoms with van der Waals surface area (Å²) in [5.74, 6) is 0.788. The van der Waals surface area contributed by atoms with Gasteiger partial charge in [0.25, 0.3) is 5.91 Å². The molecule has 1 heterocycles. The van der Waals surface area contributed by atoms with Gasteiger partial charge >= 0.3 is 0 Å². The van der Waals surface area contributed by atoms with E-state index in [4.69, 9.17) is 9.88 Å². The molecule has 1 aromatic carbocycles. The molecule has 0 unspecified atom stereocenters. The topological polar surface area (TPSA) is 110 Å². The number of carbonyl (C=O) groups excluding carboxylic acids is 2. The van der Waals surface area contributed by atoms with Gasteiger partial charge in [-0.2, -0.15) is 0 Å². The highest BCUT2D eigenvalue weighted by Gasteiger charge is 2.42. The lowest BCUT2D eigenvalue weighted by molar-refractivity contribution is -0.134. The second-order valence-corrected chi connectivity index (χ2v) is 9.01. The maximum atomic E-state index is 13.1. The number of carbonyl (C=O) groups is 2. The van der Waals surface area contributed by atoms with E-state index in [1.165, 1.54) is 25.3 Å². The van der Waals surface area contributed by atoms with Crippen LogP contribution >= 0.6 is 0 Å². The lowest BCUT2D eigenvalue weighted by atomic mass is 9.88. The number of sulfonamides is 1. The molecule has 1 saturated carbocycles. The number of likely N-dealkylation sites (tertiary alicyclic amines) is 1. The molecule has 2 N–H and O–H groups in total. The first-order valence-corrected chi connectivity index (χ1v) is 10.4. The summed E-state index contributed by atoms with van der Waals surface area (Å²) in [6.45, 7) is 0.715. The number of nitrogens with zero attached hydrogens (tertiary/aromatic N) is 2. The molecule has 8 nitrogen and oxygen atoms in total. The Morgan fingerprint density at radius 3 is 2.59 bits per heavy atom. The summed E-state index contributed by atoms with van der Waals surface area (Å²) in [5.41, 5.74) is 0.162. The average Bonchev–Trinajstić information content (AvgIpc) is 3.02. The zero-order chi connectivity index (χ0) is 19.9. The molecule has 0 spiro atoms. The second-order valence-electron chi connectivity index (χ2n) is 7.45. The lowest BCUT2D eigenvalue weighted by Gasteiger charge is -2.31. The van der Waals surface area contributed by atoms with Gasteiger partial charge in [0, 0.05) is 33.1 Å². The summed E-state index contributed by atoms with van der Waals surface area (Å²) >= 11 is 0. The average molecular weight is 395 g/mol. The number of methoxy groups -OCH3 is 1. The van der Waals surface area contributed by atoms with Gasteiger partial charge in [-0.3, -0.25) is 9.59 Å². The number of primary sulfonamides is 1. The molecule has 0 radical (unpaired) electrons. The molecule has 2 fully saturated rings. The molecule has 2 aliphatic rings. The number of benzene rings is 1. The molecule has 148 valence electrons. The van der Waals surface area contributed by atoms with Crippen LogP contribution in [0.5, 0.6) is 5.75 Å². The number of amides is 2. The quantitative estimate of drug-likeness (QED) is 0.806. The van der Waals surface area contributed by atoms with Gasteiger partial charge in [0.05, 0.1) is 17.6 Å².